The van der Waals surface area contributed by atoms with Crippen LogP contribution in [0.3, 0.4) is 0 Å². The first-order valence-corrected chi connectivity index (χ1v) is 6.45. The van der Waals surface area contributed by atoms with Gasteiger partial charge in [-0.15, -0.1) is 0 Å². The highest BCUT2D eigenvalue weighted by Crippen LogP contribution is 2.13. The predicted octanol–water partition coefficient (Wildman–Crippen LogP) is 1.70. The van der Waals surface area contributed by atoms with Gasteiger partial charge in [0.1, 0.15) is 0 Å². The molecule has 1 unspecified atom stereocenters. The van der Waals surface area contributed by atoms with E-state index in [0.717, 1.165) is 17.3 Å². The van der Waals surface area contributed by atoms with Crippen LogP contribution < -0.4 is 5.32 Å². The van der Waals surface area contributed by atoms with Crippen LogP contribution in [0.2, 0.25) is 0 Å². The number of aromatic nitrogens is 2. The van der Waals surface area contributed by atoms with E-state index in [1.54, 1.807) is 18.3 Å². The smallest absolute Gasteiger partial charge is 0.251 e. The SMILES string of the molecule is CC(C)CC(CO)NC(=O)c1ccc2cn[nH]c2c1. The summed E-state index contributed by atoms with van der Waals surface area (Å²) in [6.45, 7) is 4.08. The van der Waals surface area contributed by atoms with Gasteiger partial charge in [0.05, 0.1) is 24.4 Å². The first-order chi connectivity index (χ1) is 9.10. The van der Waals surface area contributed by atoms with Gasteiger partial charge in [-0.2, -0.15) is 5.10 Å². The van der Waals surface area contributed by atoms with Crippen molar-refractivity contribution in [1.82, 2.24) is 15.5 Å². The van der Waals surface area contributed by atoms with Crippen LogP contribution in [0.4, 0.5) is 0 Å². The number of benzene rings is 1. The number of carbonyl (C=O) groups excluding carboxylic acids is 1. The second kappa shape index (κ2) is 5.84. The molecule has 0 aliphatic rings. The third kappa shape index (κ3) is 3.32. The number of hydrogen-bond donors (Lipinski definition) is 3. The van der Waals surface area contributed by atoms with Crippen LogP contribution in [0.15, 0.2) is 24.4 Å². The Morgan fingerprint density at radius 1 is 1.47 bits per heavy atom. The minimum Gasteiger partial charge on any atom is -0.394 e. The van der Waals surface area contributed by atoms with Crippen molar-refractivity contribution in [1.29, 1.82) is 0 Å². The number of carbonyl (C=O) groups is 1. The summed E-state index contributed by atoms with van der Waals surface area (Å²) in [6.07, 6.45) is 2.47. The topological polar surface area (TPSA) is 78.0 Å². The van der Waals surface area contributed by atoms with Crippen LogP contribution in [-0.4, -0.2) is 33.9 Å². The third-order valence-corrected chi connectivity index (χ3v) is 3.02. The number of rotatable bonds is 5. The molecule has 1 aromatic heterocycles. The van der Waals surface area contributed by atoms with Gasteiger partial charge in [-0.1, -0.05) is 19.9 Å². The van der Waals surface area contributed by atoms with Crippen molar-refractivity contribution in [2.45, 2.75) is 26.3 Å². The van der Waals surface area contributed by atoms with E-state index < -0.39 is 0 Å². The molecule has 0 bridgehead atoms. The molecule has 102 valence electrons. The van der Waals surface area contributed by atoms with Crippen LogP contribution in [0.1, 0.15) is 30.6 Å². The van der Waals surface area contributed by atoms with E-state index in [1.807, 2.05) is 6.07 Å². The zero-order valence-electron chi connectivity index (χ0n) is 11.2. The molecular formula is C14H19N3O2. The Labute approximate surface area is 112 Å². The molecule has 0 fully saturated rings. The molecule has 2 rings (SSSR count). The lowest BCUT2D eigenvalue weighted by atomic mass is 10.0. The molecule has 19 heavy (non-hydrogen) atoms. The zero-order chi connectivity index (χ0) is 13.8. The number of aromatic amines is 1. The Morgan fingerprint density at radius 3 is 2.95 bits per heavy atom. The van der Waals surface area contributed by atoms with Gasteiger partial charge in [0.15, 0.2) is 0 Å². The molecule has 0 aliphatic heterocycles. The number of nitrogens with zero attached hydrogens (tertiary/aromatic N) is 1. The quantitative estimate of drug-likeness (QED) is 0.766. The van der Waals surface area contributed by atoms with Crippen molar-refractivity contribution in [3.8, 4) is 0 Å². The molecule has 0 saturated heterocycles. The normalized spacial score (nSPS) is 12.8. The van der Waals surface area contributed by atoms with Gasteiger partial charge in [0, 0.05) is 10.9 Å². The number of aliphatic hydroxyl groups is 1. The third-order valence-electron chi connectivity index (χ3n) is 3.02. The van der Waals surface area contributed by atoms with Crippen molar-refractivity contribution in [2.75, 3.05) is 6.61 Å². The van der Waals surface area contributed by atoms with Gasteiger partial charge >= 0.3 is 0 Å². The Kier molecular flexibility index (Phi) is 4.16. The van der Waals surface area contributed by atoms with E-state index in [1.165, 1.54) is 0 Å². The number of nitrogens with one attached hydrogen (secondary N) is 2. The zero-order valence-corrected chi connectivity index (χ0v) is 11.2. The average molecular weight is 261 g/mol. The summed E-state index contributed by atoms with van der Waals surface area (Å²) in [5.41, 5.74) is 1.40. The predicted molar refractivity (Wildman–Crippen MR) is 73.9 cm³/mol. The van der Waals surface area contributed by atoms with Crippen molar-refractivity contribution in [3.63, 3.8) is 0 Å². The second-order valence-electron chi connectivity index (χ2n) is 5.15. The molecule has 0 saturated carbocycles. The fraction of sp³-hybridized carbons (Fsp3) is 0.429. The maximum Gasteiger partial charge on any atom is 0.251 e. The number of amides is 1. The average Bonchev–Trinajstić information content (AvgIpc) is 2.84. The molecular weight excluding hydrogens is 242 g/mol. The summed E-state index contributed by atoms with van der Waals surface area (Å²) in [4.78, 5) is 12.1. The summed E-state index contributed by atoms with van der Waals surface area (Å²) in [7, 11) is 0. The van der Waals surface area contributed by atoms with Crippen LogP contribution in [0, 0.1) is 5.92 Å². The molecule has 1 amide bonds. The van der Waals surface area contributed by atoms with Gasteiger partial charge in [-0.25, -0.2) is 0 Å². The standard InChI is InChI=1S/C14H19N3O2/c1-9(2)5-12(8-18)16-14(19)10-3-4-11-7-15-17-13(11)6-10/h3-4,6-7,9,12,18H,5,8H2,1-2H3,(H,15,17)(H,16,19). The van der Waals surface area contributed by atoms with Crippen LogP contribution >= 0.6 is 0 Å². The molecule has 2 aromatic rings. The van der Waals surface area contributed by atoms with Gasteiger partial charge < -0.3 is 10.4 Å². The van der Waals surface area contributed by atoms with Gasteiger partial charge in [0.25, 0.3) is 5.91 Å². The Morgan fingerprint density at radius 2 is 2.26 bits per heavy atom. The first kappa shape index (κ1) is 13.5. The van der Waals surface area contributed by atoms with Crippen LogP contribution in [0.5, 0.6) is 0 Å². The minimum absolute atomic E-state index is 0.0454. The summed E-state index contributed by atoms with van der Waals surface area (Å²) in [5.74, 6) is 0.253. The number of aliphatic hydroxyl groups excluding tert-OH is 1. The van der Waals surface area contributed by atoms with Crippen molar-refractivity contribution >= 4 is 16.8 Å². The Bertz CT molecular complexity index is 563. The maximum atomic E-state index is 12.1. The highest BCUT2D eigenvalue weighted by atomic mass is 16.3. The van der Waals surface area contributed by atoms with Gasteiger partial charge in [-0.3, -0.25) is 9.89 Å². The van der Waals surface area contributed by atoms with Gasteiger partial charge in [-0.05, 0) is 24.5 Å². The summed E-state index contributed by atoms with van der Waals surface area (Å²) in [5, 5.41) is 19.9. The molecule has 0 spiro atoms. The number of H-pyrrole nitrogens is 1. The molecule has 1 atom stereocenters. The Balaban J connectivity index is 2.09. The van der Waals surface area contributed by atoms with E-state index in [0.29, 0.717) is 11.5 Å². The molecule has 1 aromatic carbocycles. The minimum atomic E-state index is -0.204. The summed E-state index contributed by atoms with van der Waals surface area (Å²) < 4.78 is 0. The fourth-order valence-corrected chi connectivity index (χ4v) is 2.10. The molecule has 0 aliphatic carbocycles. The monoisotopic (exact) mass is 261 g/mol. The highest BCUT2D eigenvalue weighted by Gasteiger charge is 2.14. The van der Waals surface area contributed by atoms with E-state index in [9.17, 15) is 9.90 Å². The van der Waals surface area contributed by atoms with E-state index in [2.05, 4.69) is 29.4 Å². The maximum absolute atomic E-state index is 12.1. The van der Waals surface area contributed by atoms with Crippen molar-refractivity contribution < 1.29 is 9.90 Å². The van der Waals surface area contributed by atoms with Crippen molar-refractivity contribution in [3.05, 3.63) is 30.0 Å². The number of hydrogen-bond acceptors (Lipinski definition) is 3. The number of fused-ring (bicyclic) bond motifs is 1. The van der Waals surface area contributed by atoms with Gasteiger partial charge in [0.2, 0.25) is 0 Å². The highest BCUT2D eigenvalue weighted by molar-refractivity contribution is 5.97. The lowest BCUT2D eigenvalue weighted by molar-refractivity contribution is 0.0908. The molecule has 0 radical (unpaired) electrons. The van der Waals surface area contributed by atoms with E-state index in [4.69, 9.17) is 0 Å². The van der Waals surface area contributed by atoms with Crippen molar-refractivity contribution in [2.24, 2.45) is 5.92 Å². The first-order valence-electron chi connectivity index (χ1n) is 6.45. The van der Waals surface area contributed by atoms with E-state index >= 15 is 0 Å². The summed E-state index contributed by atoms with van der Waals surface area (Å²) in [6, 6.07) is 5.17. The second-order valence-corrected chi connectivity index (χ2v) is 5.15. The lowest BCUT2D eigenvalue weighted by Gasteiger charge is -2.18. The van der Waals surface area contributed by atoms with Crippen LogP contribution in [0.25, 0.3) is 10.9 Å². The van der Waals surface area contributed by atoms with E-state index in [-0.39, 0.29) is 18.6 Å². The summed E-state index contributed by atoms with van der Waals surface area (Å²) >= 11 is 0. The molecule has 1 heterocycles. The lowest BCUT2D eigenvalue weighted by Crippen LogP contribution is -2.38. The fourth-order valence-electron chi connectivity index (χ4n) is 2.10. The molecule has 5 heteroatoms. The molecule has 3 N–H and O–H groups in total. The largest absolute Gasteiger partial charge is 0.394 e. The molecule has 5 nitrogen and oxygen atoms in total. The van der Waals surface area contributed by atoms with Crippen LogP contribution in [-0.2, 0) is 0 Å². The Hall–Kier alpha value is -1.88.